The minimum absolute atomic E-state index is 0.0515. The van der Waals surface area contributed by atoms with E-state index in [2.05, 4.69) is 5.18 Å². The number of allylic oxidation sites excluding steroid dienone is 3. The van der Waals surface area contributed by atoms with Crippen LogP contribution in [0.1, 0.15) is 10.4 Å². The molecule has 0 saturated heterocycles. The largest absolute Gasteiger partial charge is 0.497 e. The second kappa shape index (κ2) is 6.47. The van der Waals surface area contributed by atoms with Gasteiger partial charge in [0, 0.05) is 11.8 Å². The Bertz CT molecular complexity index is 586. The Morgan fingerprint density at radius 1 is 1.30 bits per heavy atom. The zero-order chi connectivity index (χ0) is 14.4. The van der Waals surface area contributed by atoms with Gasteiger partial charge in [-0.05, 0) is 41.6 Å². The fourth-order valence-electron chi connectivity index (χ4n) is 1.83. The van der Waals surface area contributed by atoms with E-state index in [4.69, 9.17) is 4.74 Å². The fraction of sp³-hybridized carbons (Fsp3) is 0.133. The van der Waals surface area contributed by atoms with Gasteiger partial charge in [-0.1, -0.05) is 6.08 Å². The van der Waals surface area contributed by atoms with Gasteiger partial charge in [0.25, 0.3) is 0 Å². The number of carbonyl (C=O) groups excluding carboxylic acids is 1. The van der Waals surface area contributed by atoms with Crippen LogP contribution in [0.25, 0.3) is 0 Å². The Morgan fingerprint density at radius 3 is 2.70 bits per heavy atom. The van der Waals surface area contributed by atoms with E-state index in [1.165, 1.54) is 6.20 Å². The lowest BCUT2D eigenvalue weighted by Crippen LogP contribution is -2.25. The first kappa shape index (κ1) is 13.7. The molecule has 0 fully saturated rings. The number of benzene rings is 1. The Labute approximate surface area is 116 Å². The molecule has 0 saturated carbocycles. The van der Waals surface area contributed by atoms with Gasteiger partial charge in [0.1, 0.15) is 5.75 Å². The topological polar surface area (TPSA) is 59.0 Å². The van der Waals surface area contributed by atoms with Crippen molar-refractivity contribution in [2.24, 2.45) is 5.18 Å². The van der Waals surface area contributed by atoms with Gasteiger partial charge in [0.05, 0.1) is 25.6 Å². The monoisotopic (exact) mass is 270 g/mol. The standard InChI is InChI=1S/C15H14N2O3/c1-20-14-7-5-12(6-8-14)15(18)11-17-9-3-2-4-13(17)10-16-19/h2-10H,11H2,1H3/b13-10+. The highest BCUT2D eigenvalue weighted by molar-refractivity contribution is 5.98. The van der Waals surface area contributed by atoms with E-state index in [1.807, 2.05) is 0 Å². The van der Waals surface area contributed by atoms with Crippen molar-refractivity contribution >= 4 is 5.78 Å². The molecule has 5 nitrogen and oxygen atoms in total. The maximum absolute atomic E-state index is 12.2. The molecule has 0 aromatic heterocycles. The predicted octanol–water partition coefficient (Wildman–Crippen LogP) is 2.87. The first-order chi connectivity index (χ1) is 9.74. The summed E-state index contributed by atoms with van der Waals surface area (Å²) in [6.07, 6.45) is 8.22. The van der Waals surface area contributed by atoms with Crippen molar-refractivity contribution in [1.82, 2.24) is 4.90 Å². The van der Waals surface area contributed by atoms with Crippen LogP contribution in [0.4, 0.5) is 0 Å². The van der Waals surface area contributed by atoms with E-state index in [0.29, 0.717) is 17.0 Å². The van der Waals surface area contributed by atoms with Crippen molar-refractivity contribution in [3.05, 3.63) is 71.1 Å². The molecular formula is C15H14N2O3. The SMILES string of the molecule is COc1ccc(C(=O)CN2C=CC=C/C2=C\N=O)cc1. The highest BCUT2D eigenvalue weighted by Crippen LogP contribution is 2.16. The maximum atomic E-state index is 12.2. The number of hydrogen-bond donors (Lipinski definition) is 0. The molecule has 0 unspecified atom stereocenters. The summed E-state index contributed by atoms with van der Waals surface area (Å²) in [4.78, 5) is 24.2. The average Bonchev–Trinajstić information content (AvgIpc) is 2.49. The smallest absolute Gasteiger partial charge is 0.182 e. The van der Waals surface area contributed by atoms with Gasteiger partial charge < -0.3 is 9.64 Å². The molecule has 5 heteroatoms. The lowest BCUT2D eigenvalue weighted by Gasteiger charge is -2.21. The molecule has 0 amide bonds. The van der Waals surface area contributed by atoms with Crippen molar-refractivity contribution < 1.29 is 9.53 Å². The van der Waals surface area contributed by atoms with E-state index in [9.17, 15) is 9.70 Å². The van der Waals surface area contributed by atoms with E-state index in [-0.39, 0.29) is 12.3 Å². The Balaban J connectivity index is 2.10. The average molecular weight is 270 g/mol. The first-order valence-electron chi connectivity index (χ1n) is 6.06. The number of Topliss-reactive ketones (excluding diaryl/α,β-unsaturated/α-hetero) is 1. The molecule has 0 radical (unpaired) electrons. The zero-order valence-electron chi connectivity index (χ0n) is 11.0. The summed E-state index contributed by atoms with van der Waals surface area (Å²) in [5.41, 5.74) is 1.18. The second-order valence-corrected chi connectivity index (χ2v) is 4.14. The Hall–Kier alpha value is -2.69. The Morgan fingerprint density at radius 2 is 2.05 bits per heavy atom. The summed E-state index contributed by atoms with van der Waals surface area (Å²) in [6, 6.07) is 6.91. The minimum Gasteiger partial charge on any atom is -0.497 e. The number of hydrogen-bond acceptors (Lipinski definition) is 5. The molecular weight excluding hydrogens is 256 g/mol. The molecule has 0 aliphatic carbocycles. The molecule has 1 aliphatic rings. The number of ether oxygens (including phenoxy) is 1. The highest BCUT2D eigenvalue weighted by atomic mass is 16.5. The van der Waals surface area contributed by atoms with E-state index in [0.717, 1.165) is 0 Å². The molecule has 1 aromatic rings. The summed E-state index contributed by atoms with van der Waals surface area (Å²) < 4.78 is 5.05. The van der Waals surface area contributed by atoms with E-state index >= 15 is 0 Å². The highest BCUT2D eigenvalue weighted by Gasteiger charge is 2.13. The van der Waals surface area contributed by atoms with Crippen LogP contribution in [0.3, 0.4) is 0 Å². The third kappa shape index (κ3) is 3.20. The van der Waals surface area contributed by atoms with Crippen LogP contribution < -0.4 is 4.74 Å². The second-order valence-electron chi connectivity index (χ2n) is 4.14. The number of rotatable bonds is 5. The molecule has 0 bridgehead atoms. The summed E-state index contributed by atoms with van der Waals surface area (Å²) in [5, 5.41) is 2.75. The third-order valence-electron chi connectivity index (χ3n) is 2.89. The van der Waals surface area contributed by atoms with Gasteiger partial charge >= 0.3 is 0 Å². The lowest BCUT2D eigenvalue weighted by molar-refractivity contribution is 0.0967. The van der Waals surface area contributed by atoms with Crippen molar-refractivity contribution in [1.29, 1.82) is 0 Å². The summed E-state index contributed by atoms with van der Waals surface area (Å²) in [6.45, 7) is 0.147. The van der Waals surface area contributed by atoms with Gasteiger partial charge in [-0.2, -0.15) is 0 Å². The van der Waals surface area contributed by atoms with Crippen molar-refractivity contribution in [3.8, 4) is 5.75 Å². The molecule has 0 atom stereocenters. The van der Waals surface area contributed by atoms with Crippen molar-refractivity contribution in [3.63, 3.8) is 0 Å². The van der Waals surface area contributed by atoms with E-state index in [1.54, 1.807) is 60.7 Å². The van der Waals surface area contributed by atoms with Gasteiger partial charge in [-0.25, -0.2) is 0 Å². The molecule has 2 rings (SSSR count). The third-order valence-corrected chi connectivity index (χ3v) is 2.89. The normalized spacial score (nSPS) is 15.4. The number of nitroso groups, excluding NO2 is 1. The molecule has 1 aliphatic heterocycles. The summed E-state index contributed by atoms with van der Waals surface area (Å²) in [5.74, 6) is 0.650. The fourth-order valence-corrected chi connectivity index (χ4v) is 1.83. The number of ketones is 1. The molecule has 0 N–H and O–H groups in total. The van der Waals surface area contributed by atoms with Crippen LogP contribution in [-0.4, -0.2) is 24.3 Å². The van der Waals surface area contributed by atoms with Crippen LogP contribution >= 0.6 is 0 Å². The molecule has 1 heterocycles. The van der Waals surface area contributed by atoms with Crippen LogP contribution in [0.5, 0.6) is 5.75 Å². The maximum Gasteiger partial charge on any atom is 0.182 e. The van der Waals surface area contributed by atoms with Crippen LogP contribution in [0.2, 0.25) is 0 Å². The number of carbonyl (C=O) groups is 1. The molecule has 102 valence electrons. The van der Waals surface area contributed by atoms with Crippen LogP contribution in [0, 0.1) is 4.91 Å². The van der Waals surface area contributed by atoms with E-state index < -0.39 is 0 Å². The molecule has 20 heavy (non-hydrogen) atoms. The number of nitrogens with zero attached hydrogens (tertiary/aromatic N) is 2. The summed E-state index contributed by atoms with van der Waals surface area (Å²) in [7, 11) is 1.57. The predicted molar refractivity (Wildman–Crippen MR) is 76.2 cm³/mol. The molecule has 1 aromatic carbocycles. The van der Waals surface area contributed by atoms with Crippen molar-refractivity contribution in [2.75, 3.05) is 13.7 Å². The van der Waals surface area contributed by atoms with Gasteiger partial charge in [-0.15, -0.1) is 4.91 Å². The van der Waals surface area contributed by atoms with Crippen molar-refractivity contribution in [2.45, 2.75) is 0 Å². The quantitative estimate of drug-likeness (QED) is 0.609. The van der Waals surface area contributed by atoms with Crippen LogP contribution in [-0.2, 0) is 0 Å². The summed E-state index contributed by atoms with van der Waals surface area (Å²) >= 11 is 0. The number of methoxy groups -OCH3 is 1. The van der Waals surface area contributed by atoms with Gasteiger partial charge in [0.15, 0.2) is 5.78 Å². The van der Waals surface area contributed by atoms with Gasteiger partial charge in [0.2, 0.25) is 0 Å². The molecule has 0 spiro atoms. The van der Waals surface area contributed by atoms with Gasteiger partial charge in [-0.3, -0.25) is 4.79 Å². The lowest BCUT2D eigenvalue weighted by atomic mass is 10.1. The van der Waals surface area contributed by atoms with Crippen LogP contribution in [0.15, 0.2) is 65.8 Å². The Kier molecular flexibility index (Phi) is 4.44. The minimum atomic E-state index is -0.0515. The zero-order valence-corrected chi connectivity index (χ0v) is 11.0. The first-order valence-corrected chi connectivity index (χ1v) is 6.06.